The van der Waals surface area contributed by atoms with Crippen LogP contribution in [0.3, 0.4) is 0 Å². The van der Waals surface area contributed by atoms with Gasteiger partial charge in [-0.05, 0) is 35.4 Å². The number of rotatable bonds is 15. The first-order chi connectivity index (χ1) is 20.6. The second-order valence-electron chi connectivity index (χ2n) is 10.6. The monoisotopic (exact) mass is 571 g/mol. The number of carbonyl (C=O) groups is 3. The Kier molecular flexibility index (Phi) is 12.6. The molecule has 0 spiro atoms. The number of carbonyl (C=O) groups excluding carboxylic acids is 3. The molecule has 1 fully saturated rings. The van der Waals surface area contributed by atoms with Gasteiger partial charge in [-0.2, -0.15) is 0 Å². The van der Waals surface area contributed by atoms with Gasteiger partial charge in [-0.15, -0.1) is 0 Å². The number of ether oxygens (including phenoxy) is 2. The normalized spacial score (nSPS) is 14.5. The summed E-state index contributed by atoms with van der Waals surface area (Å²) in [7, 11) is 0. The lowest BCUT2D eigenvalue weighted by Crippen LogP contribution is -2.52. The van der Waals surface area contributed by atoms with E-state index in [1.165, 1.54) is 0 Å². The highest BCUT2D eigenvalue weighted by molar-refractivity contribution is 5.89. The summed E-state index contributed by atoms with van der Waals surface area (Å²) in [6.45, 7) is 3.17. The number of Topliss-reactive ketones (excluding diaryl/α,β-unsaturated/α-hetero) is 1. The molecule has 1 heterocycles. The summed E-state index contributed by atoms with van der Waals surface area (Å²) in [6.07, 6.45) is 1.37. The fourth-order valence-corrected chi connectivity index (χ4v) is 4.91. The Labute approximate surface area is 248 Å². The summed E-state index contributed by atoms with van der Waals surface area (Å²) in [4.78, 5) is 41.2. The number of nitrogens with one attached hydrogen (secondary N) is 2. The van der Waals surface area contributed by atoms with Crippen molar-refractivity contribution in [1.82, 2.24) is 15.5 Å². The van der Waals surface area contributed by atoms with Gasteiger partial charge in [0.15, 0.2) is 5.78 Å². The van der Waals surface area contributed by atoms with Crippen molar-refractivity contribution >= 4 is 17.7 Å². The second kappa shape index (κ2) is 17.1. The highest BCUT2D eigenvalue weighted by Crippen LogP contribution is 2.17. The van der Waals surface area contributed by atoms with Crippen molar-refractivity contribution in [2.75, 3.05) is 32.9 Å². The van der Waals surface area contributed by atoms with Crippen molar-refractivity contribution < 1.29 is 23.9 Å². The molecule has 0 aliphatic carbocycles. The van der Waals surface area contributed by atoms with Gasteiger partial charge >= 0.3 is 6.03 Å². The Morgan fingerprint density at radius 2 is 1.40 bits per heavy atom. The molecular formula is C34H41N3O5. The first kappa shape index (κ1) is 30.9. The SMILES string of the molecule is O=C(CC[C@@H](COCc1ccccc1)CC(=O)[C@H](Cc1ccccc1)NC(=O)N1CCOCC1)NCc1ccccc1. The number of morpholine rings is 1. The van der Waals surface area contributed by atoms with Crippen LogP contribution in [0.4, 0.5) is 4.79 Å². The maximum Gasteiger partial charge on any atom is 0.318 e. The van der Waals surface area contributed by atoms with Crippen LogP contribution in [0.1, 0.15) is 36.0 Å². The molecule has 8 nitrogen and oxygen atoms in total. The molecule has 4 rings (SSSR count). The van der Waals surface area contributed by atoms with Crippen molar-refractivity contribution in [3.05, 3.63) is 108 Å². The molecule has 0 aromatic heterocycles. The summed E-state index contributed by atoms with van der Waals surface area (Å²) in [5.74, 6) is -0.318. The topological polar surface area (TPSA) is 97.0 Å². The van der Waals surface area contributed by atoms with Gasteiger partial charge in [-0.1, -0.05) is 91.0 Å². The van der Waals surface area contributed by atoms with Crippen molar-refractivity contribution in [3.63, 3.8) is 0 Å². The fraction of sp³-hybridized carbons (Fsp3) is 0.382. The highest BCUT2D eigenvalue weighted by atomic mass is 16.5. The molecule has 0 unspecified atom stereocenters. The van der Waals surface area contributed by atoms with Gasteiger partial charge in [0.25, 0.3) is 0 Å². The van der Waals surface area contributed by atoms with E-state index in [-0.39, 0.29) is 36.5 Å². The summed E-state index contributed by atoms with van der Waals surface area (Å²) in [6, 6.07) is 28.4. The van der Waals surface area contributed by atoms with E-state index in [9.17, 15) is 14.4 Å². The minimum absolute atomic E-state index is 0.0687. The summed E-state index contributed by atoms with van der Waals surface area (Å²) >= 11 is 0. The van der Waals surface area contributed by atoms with Crippen LogP contribution in [0.25, 0.3) is 0 Å². The number of urea groups is 1. The van der Waals surface area contributed by atoms with E-state index in [1.54, 1.807) is 4.90 Å². The number of amides is 3. The van der Waals surface area contributed by atoms with Gasteiger partial charge in [0.2, 0.25) is 5.91 Å². The lowest BCUT2D eigenvalue weighted by atomic mass is 9.92. The van der Waals surface area contributed by atoms with E-state index >= 15 is 0 Å². The molecule has 0 radical (unpaired) electrons. The van der Waals surface area contributed by atoms with Crippen LogP contribution in [0.15, 0.2) is 91.0 Å². The molecule has 1 saturated heterocycles. The van der Waals surface area contributed by atoms with Crippen LogP contribution in [0.5, 0.6) is 0 Å². The largest absolute Gasteiger partial charge is 0.378 e. The Morgan fingerprint density at radius 1 is 0.810 bits per heavy atom. The smallest absolute Gasteiger partial charge is 0.318 e. The number of nitrogens with zero attached hydrogens (tertiary/aromatic N) is 1. The maximum absolute atomic E-state index is 13.8. The molecule has 2 N–H and O–H groups in total. The molecule has 3 amide bonds. The fourth-order valence-electron chi connectivity index (χ4n) is 4.91. The molecule has 0 bridgehead atoms. The van der Waals surface area contributed by atoms with Crippen LogP contribution in [0.2, 0.25) is 0 Å². The molecule has 0 saturated carbocycles. The Hall–Kier alpha value is -4.01. The zero-order valence-electron chi connectivity index (χ0n) is 24.1. The predicted octanol–water partition coefficient (Wildman–Crippen LogP) is 4.53. The lowest BCUT2D eigenvalue weighted by Gasteiger charge is -2.29. The second-order valence-corrected chi connectivity index (χ2v) is 10.6. The first-order valence-electron chi connectivity index (χ1n) is 14.7. The van der Waals surface area contributed by atoms with Crippen molar-refractivity contribution in [2.45, 2.75) is 44.9 Å². The minimum atomic E-state index is -0.689. The molecule has 2 atom stereocenters. The molecule has 222 valence electrons. The quantitative estimate of drug-likeness (QED) is 0.280. The Bertz CT molecular complexity index is 1230. The van der Waals surface area contributed by atoms with Crippen molar-refractivity contribution in [2.24, 2.45) is 5.92 Å². The molecule has 3 aromatic rings. The van der Waals surface area contributed by atoms with Gasteiger partial charge in [-0.3, -0.25) is 9.59 Å². The summed E-state index contributed by atoms with van der Waals surface area (Å²) < 4.78 is 11.4. The Balaban J connectivity index is 1.39. The number of hydrogen-bond acceptors (Lipinski definition) is 5. The van der Waals surface area contributed by atoms with E-state index < -0.39 is 6.04 Å². The predicted molar refractivity (Wildman–Crippen MR) is 162 cm³/mol. The van der Waals surface area contributed by atoms with Gasteiger partial charge in [-0.25, -0.2) is 4.79 Å². The zero-order valence-corrected chi connectivity index (χ0v) is 24.1. The third-order valence-electron chi connectivity index (χ3n) is 7.33. The number of ketones is 1. The number of benzene rings is 3. The average molecular weight is 572 g/mol. The molecule has 42 heavy (non-hydrogen) atoms. The number of hydrogen-bond donors (Lipinski definition) is 2. The maximum atomic E-state index is 13.8. The average Bonchev–Trinajstić information content (AvgIpc) is 3.04. The molecule has 8 heteroatoms. The van der Waals surface area contributed by atoms with Gasteiger partial charge in [0.1, 0.15) is 0 Å². The van der Waals surface area contributed by atoms with Crippen LogP contribution in [-0.4, -0.2) is 61.6 Å². The van der Waals surface area contributed by atoms with Gasteiger partial charge < -0.3 is 25.0 Å². The van der Waals surface area contributed by atoms with Crippen molar-refractivity contribution in [1.29, 1.82) is 0 Å². The zero-order chi connectivity index (χ0) is 29.4. The van der Waals surface area contributed by atoms with E-state index in [2.05, 4.69) is 10.6 Å². The van der Waals surface area contributed by atoms with E-state index in [1.807, 2.05) is 91.0 Å². The third kappa shape index (κ3) is 10.8. The standard InChI is InChI=1S/C34H41N3O5/c38-32(31(22-27-10-4-1-5-11-27)36-34(40)37-18-20-41-21-19-37)23-30(26-42-25-29-14-8-3-9-15-29)16-17-33(39)35-24-28-12-6-2-7-13-28/h1-15,30-31H,16-26H2,(H,35,39)(H,36,40)/t30-,31+/m1/s1. The summed E-state index contributed by atoms with van der Waals surface area (Å²) in [5.41, 5.74) is 3.04. The summed E-state index contributed by atoms with van der Waals surface area (Å²) in [5, 5.41) is 5.96. The minimum Gasteiger partial charge on any atom is -0.378 e. The molecule has 1 aliphatic heterocycles. The Morgan fingerprint density at radius 3 is 2.05 bits per heavy atom. The van der Waals surface area contributed by atoms with E-state index in [4.69, 9.17) is 9.47 Å². The van der Waals surface area contributed by atoms with Crippen LogP contribution >= 0.6 is 0 Å². The molecule has 3 aromatic carbocycles. The first-order valence-corrected chi connectivity index (χ1v) is 14.7. The van der Waals surface area contributed by atoms with Gasteiger partial charge in [0.05, 0.1) is 32.5 Å². The third-order valence-corrected chi connectivity index (χ3v) is 7.33. The van der Waals surface area contributed by atoms with E-state index in [0.717, 1.165) is 16.7 Å². The van der Waals surface area contributed by atoms with E-state index in [0.29, 0.717) is 58.9 Å². The van der Waals surface area contributed by atoms with Gasteiger partial charge in [0, 0.05) is 32.5 Å². The van der Waals surface area contributed by atoms with Crippen LogP contribution in [-0.2, 0) is 38.6 Å². The van der Waals surface area contributed by atoms with Crippen molar-refractivity contribution in [3.8, 4) is 0 Å². The van der Waals surface area contributed by atoms with Crippen LogP contribution in [0, 0.1) is 5.92 Å². The van der Waals surface area contributed by atoms with Crippen LogP contribution < -0.4 is 10.6 Å². The molecular weight excluding hydrogens is 530 g/mol. The lowest BCUT2D eigenvalue weighted by molar-refractivity contribution is -0.124. The molecule has 1 aliphatic rings. The highest BCUT2D eigenvalue weighted by Gasteiger charge is 2.27.